The van der Waals surface area contributed by atoms with E-state index in [1.54, 1.807) is 0 Å². The van der Waals surface area contributed by atoms with Crippen LogP contribution in [0.4, 0.5) is 5.69 Å². The maximum Gasteiger partial charge on any atom is 0.224 e. The van der Waals surface area contributed by atoms with Crippen molar-refractivity contribution in [1.29, 1.82) is 0 Å². The van der Waals surface area contributed by atoms with E-state index in [1.165, 1.54) is 0 Å². The van der Waals surface area contributed by atoms with Crippen LogP contribution in [0.1, 0.15) is 46.0 Å². The van der Waals surface area contributed by atoms with Gasteiger partial charge in [0, 0.05) is 22.6 Å². The summed E-state index contributed by atoms with van der Waals surface area (Å²) in [4.78, 5) is 11.9. The molecule has 0 aliphatic heterocycles. The van der Waals surface area contributed by atoms with Gasteiger partial charge in [-0.2, -0.15) is 0 Å². The number of anilines is 1. The molecule has 0 atom stereocenters. The van der Waals surface area contributed by atoms with Crippen LogP contribution in [-0.2, 0) is 4.79 Å². The van der Waals surface area contributed by atoms with Crippen LogP contribution in [0.15, 0.2) is 22.7 Å². The zero-order chi connectivity index (χ0) is 15.7. The standard InChI is InChI=1S/C16H25BrN2O2/c1-12(2)21-15-10-13(17)9-14(11-15)19-16(20)7-5-3-4-6-8-18/h9-12H,3-8,18H2,1-2H3,(H,19,20). The summed E-state index contributed by atoms with van der Waals surface area (Å²) in [7, 11) is 0. The first-order valence-corrected chi connectivity index (χ1v) is 8.27. The van der Waals surface area contributed by atoms with Gasteiger partial charge in [-0.15, -0.1) is 0 Å². The number of hydrogen-bond acceptors (Lipinski definition) is 3. The van der Waals surface area contributed by atoms with Gasteiger partial charge >= 0.3 is 0 Å². The van der Waals surface area contributed by atoms with Crippen molar-refractivity contribution in [3.05, 3.63) is 22.7 Å². The molecule has 3 N–H and O–H groups in total. The number of nitrogens with one attached hydrogen (secondary N) is 1. The second-order valence-corrected chi connectivity index (χ2v) is 6.26. The number of ether oxygens (including phenoxy) is 1. The van der Waals surface area contributed by atoms with Crippen molar-refractivity contribution < 1.29 is 9.53 Å². The Hall–Kier alpha value is -1.07. The fraction of sp³-hybridized carbons (Fsp3) is 0.562. The smallest absolute Gasteiger partial charge is 0.224 e. The van der Waals surface area contributed by atoms with Gasteiger partial charge in [-0.3, -0.25) is 4.79 Å². The van der Waals surface area contributed by atoms with E-state index in [9.17, 15) is 4.79 Å². The molecule has 0 aromatic heterocycles. The van der Waals surface area contributed by atoms with E-state index in [1.807, 2.05) is 32.0 Å². The van der Waals surface area contributed by atoms with Crippen molar-refractivity contribution in [2.24, 2.45) is 5.73 Å². The van der Waals surface area contributed by atoms with E-state index in [4.69, 9.17) is 10.5 Å². The third kappa shape index (κ3) is 8.07. The SMILES string of the molecule is CC(C)Oc1cc(Br)cc(NC(=O)CCCCCCN)c1. The number of carbonyl (C=O) groups is 1. The summed E-state index contributed by atoms with van der Waals surface area (Å²) < 4.78 is 6.54. The van der Waals surface area contributed by atoms with Gasteiger partial charge < -0.3 is 15.8 Å². The Morgan fingerprint density at radius 1 is 1.24 bits per heavy atom. The highest BCUT2D eigenvalue weighted by Crippen LogP contribution is 2.25. The van der Waals surface area contributed by atoms with Crippen LogP contribution in [0, 0.1) is 0 Å². The topological polar surface area (TPSA) is 64.3 Å². The summed E-state index contributed by atoms with van der Waals surface area (Å²) in [5, 5.41) is 2.91. The third-order valence-electron chi connectivity index (χ3n) is 2.88. The lowest BCUT2D eigenvalue weighted by molar-refractivity contribution is -0.116. The maximum atomic E-state index is 11.9. The Morgan fingerprint density at radius 2 is 1.95 bits per heavy atom. The molecule has 1 amide bonds. The molecule has 0 saturated carbocycles. The number of amides is 1. The fourth-order valence-corrected chi connectivity index (χ4v) is 2.45. The zero-order valence-corrected chi connectivity index (χ0v) is 14.4. The van der Waals surface area contributed by atoms with Gasteiger partial charge in [0.2, 0.25) is 5.91 Å². The van der Waals surface area contributed by atoms with Gasteiger partial charge in [-0.05, 0) is 45.4 Å². The van der Waals surface area contributed by atoms with Crippen LogP contribution in [0.25, 0.3) is 0 Å². The Labute approximate surface area is 135 Å². The van der Waals surface area contributed by atoms with Gasteiger partial charge in [0.1, 0.15) is 5.75 Å². The molecule has 0 saturated heterocycles. The van der Waals surface area contributed by atoms with Gasteiger partial charge in [-0.25, -0.2) is 0 Å². The highest BCUT2D eigenvalue weighted by atomic mass is 79.9. The lowest BCUT2D eigenvalue weighted by atomic mass is 10.1. The molecule has 0 aliphatic carbocycles. The van der Waals surface area contributed by atoms with E-state index in [0.29, 0.717) is 6.42 Å². The van der Waals surface area contributed by atoms with E-state index in [0.717, 1.165) is 48.1 Å². The van der Waals surface area contributed by atoms with E-state index in [2.05, 4.69) is 21.2 Å². The molecule has 0 bridgehead atoms. The first kappa shape index (κ1) is 18.0. The fourth-order valence-electron chi connectivity index (χ4n) is 1.98. The minimum Gasteiger partial charge on any atom is -0.491 e. The number of rotatable bonds is 9. The zero-order valence-electron chi connectivity index (χ0n) is 12.8. The number of benzene rings is 1. The largest absolute Gasteiger partial charge is 0.491 e. The highest BCUT2D eigenvalue weighted by molar-refractivity contribution is 9.10. The molecule has 1 aromatic rings. The summed E-state index contributed by atoms with van der Waals surface area (Å²) in [5.74, 6) is 0.786. The predicted octanol–water partition coefficient (Wildman–Crippen LogP) is 4.08. The lowest BCUT2D eigenvalue weighted by Gasteiger charge is -2.12. The second-order valence-electron chi connectivity index (χ2n) is 5.34. The molecule has 0 fully saturated rings. The minimum absolute atomic E-state index is 0.0383. The summed E-state index contributed by atoms with van der Waals surface area (Å²) in [5.41, 5.74) is 6.20. The average molecular weight is 357 g/mol. The van der Waals surface area contributed by atoms with Crippen molar-refractivity contribution in [2.75, 3.05) is 11.9 Å². The Balaban J connectivity index is 2.46. The molecule has 0 heterocycles. The Kier molecular flexibility index (Phi) is 8.38. The molecule has 0 aliphatic rings. The van der Waals surface area contributed by atoms with Gasteiger partial charge in [0.05, 0.1) is 6.10 Å². The molecule has 1 aromatic carbocycles. The quantitative estimate of drug-likeness (QED) is 0.655. The molecule has 1 rings (SSSR count). The van der Waals surface area contributed by atoms with E-state index >= 15 is 0 Å². The molecule has 0 spiro atoms. The number of halogens is 1. The minimum atomic E-state index is 0.0383. The van der Waals surface area contributed by atoms with Crippen molar-refractivity contribution >= 4 is 27.5 Å². The highest BCUT2D eigenvalue weighted by Gasteiger charge is 2.06. The third-order valence-corrected chi connectivity index (χ3v) is 3.34. The normalized spacial score (nSPS) is 10.7. The predicted molar refractivity (Wildman–Crippen MR) is 90.7 cm³/mol. The van der Waals surface area contributed by atoms with Crippen LogP contribution >= 0.6 is 15.9 Å². The first-order chi connectivity index (χ1) is 10.0. The van der Waals surface area contributed by atoms with E-state index < -0.39 is 0 Å². The van der Waals surface area contributed by atoms with Gasteiger partial charge in [0.15, 0.2) is 0 Å². The number of hydrogen-bond donors (Lipinski definition) is 2. The first-order valence-electron chi connectivity index (χ1n) is 7.48. The molecule has 0 radical (unpaired) electrons. The maximum absolute atomic E-state index is 11.9. The molecule has 4 nitrogen and oxygen atoms in total. The van der Waals surface area contributed by atoms with Crippen LogP contribution in [0.2, 0.25) is 0 Å². The number of unbranched alkanes of at least 4 members (excludes halogenated alkanes) is 3. The van der Waals surface area contributed by atoms with Crippen molar-refractivity contribution in [1.82, 2.24) is 0 Å². The van der Waals surface area contributed by atoms with Crippen molar-refractivity contribution in [2.45, 2.75) is 52.1 Å². The monoisotopic (exact) mass is 356 g/mol. The van der Waals surface area contributed by atoms with Crippen LogP contribution in [-0.4, -0.2) is 18.6 Å². The Bertz CT molecular complexity index is 450. The molecular weight excluding hydrogens is 332 g/mol. The lowest BCUT2D eigenvalue weighted by Crippen LogP contribution is -2.12. The number of carbonyl (C=O) groups excluding carboxylic acids is 1. The summed E-state index contributed by atoms with van der Waals surface area (Å²) in [6, 6.07) is 5.61. The number of nitrogens with two attached hydrogens (primary N) is 1. The molecular formula is C16H25BrN2O2. The van der Waals surface area contributed by atoms with Crippen LogP contribution < -0.4 is 15.8 Å². The average Bonchev–Trinajstić information content (AvgIpc) is 2.36. The van der Waals surface area contributed by atoms with Crippen molar-refractivity contribution in [3.8, 4) is 5.75 Å². The second kappa shape index (κ2) is 9.79. The van der Waals surface area contributed by atoms with Crippen LogP contribution in [0.5, 0.6) is 5.75 Å². The molecule has 118 valence electrons. The molecule has 21 heavy (non-hydrogen) atoms. The Morgan fingerprint density at radius 3 is 2.62 bits per heavy atom. The van der Waals surface area contributed by atoms with E-state index in [-0.39, 0.29) is 12.0 Å². The molecule has 0 unspecified atom stereocenters. The molecule has 5 heteroatoms. The summed E-state index contributed by atoms with van der Waals surface area (Å²) >= 11 is 3.43. The summed E-state index contributed by atoms with van der Waals surface area (Å²) in [6.45, 7) is 4.67. The van der Waals surface area contributed by atoms with Crippen LogP contribution in [0.3, 0.4) is 0 Å². The summed E-state index contributed by atoms with van der Waals surface area (Å²) in [6.07, 6.45) is 4.71. The van der Waals surface area contributed by atoms with Gasteiger partial charge in [-0.1, -0.05) is 28.8 Å². The van der Waals surface area contributed by atoms with Crippen molar-refractivity contribution in [3.63, 3.8) is 0 Å². The van der Waals surface area contributed by atoms with Gasteiger partial charge in [0.25, 0.3) is 0 Å².